The van der Waals surface area contributed by atoms with Gasteiger partial charge in [0.05, 0.1) is 6.61 Å². The molecular formula is C24H26O2. The van der Waals surface area contributed by atoms with Gasteiger partial charge in [0.15, 0.2) is 0 Å². The minimum absolute atomic E-state index is 0. The van der Waals surface area contributed by atoms with E-state index in [2.05, 4.69) is 73.7 Å². The zero-order chi connectivity index (χ0) is 17.1. The molecule has 0 saturated carbocycles. The van der Waals surface area contributed by atoms with E-state index in [0.717, 1.165) is 18.8 Å². The standard InChI is InChI=1S/C24H24O.H2O/c1-2-3-4-9-17-25-23-16-10-15-22-20-12-6-5-11-18(20)19-13-7-8-14-21(19)24(22)23;/h5-8,10-16H,2-4,9,17H2,1H3;1H2. The summed E-state index contributed by atoms with van der Waals surface area (Å²) in [6.07, 6.45) is 4.90. The fourth-order valence-electron chi connectivity index (χ4n) is 3.75. The summed E-state index contributed by atoms with van der Waals surface area (Å²) in [6.45, 7) is 3.03. The second-order valence-electron chi connectivity index (χ2n) is 6.68. The molecule has 0 spiro atoms. The second-order valence-corrected chi connectivity index (χ2v) is 6.68. The van der Waals surface area contributed by atoms with Crippen LogP contribution in [0.2, 0.25) is 0 Å². The maximum absolute atomic E-state index is 6.22. The number of hydrogen-bond acceptors (Lipinski definition) is 1. The van der Waals surface area contributed by atoms with Gasteiger partial charge in [-0.15, -0.1) is 0 Å². The minimum Gasteiger partial charge on any atom is -0.493 e. The van der Waals surface area contributed by atoms with Gasteiger partial charge in [-0.1, -0.05) is 86.8 Å². The maximum Gasteiger partial charge on any atom is 0.127 e. The Labute approximate surface area is 154 Å². The molecular weight excluding hydrogens is 320 g/mol. The highest BCUT2D eigenvalue weighted by Crippen LogP contribution is 2.39. The molecule has 134 valence electrons. The Bertz CT molecular complexity index is 975. The SMILES string of the molecule is CCCCCCOc1cccc2c3ccccc3c3ccccc3c12.O. The van der Waals surface area contributed by atoms with Crippen molar-refractivity contribution in [3.8, 4) is 5.75 Å². The van der Waals surface area contributed by atoms with Crippen LogP contribution < -0.4 is 4.74 Å². The average molecular weight is 346 g/mol. The van der Waals surface area contributed by atoms with Crippen molar-refractivity contribution in [2.75, 3.05) is 6.61 Å². The number of benzene rings is 4. The van der Waals surface area contributed by atoms with Gasteiger partial charge in [0.25, 0.3) is 0 Å². The third-order valence-corrected chi connectivity index (χ3v) is 4.99. The van der Waals surface area contributed by atoms with Gasteiger partial charge in [0.1, 0.15) is 5.75 Å². The number of ether oxygens (including phenoxy) is 1. The third kappa shape index (κ3) is 3.25. The van der Waals surface area contributed by atoms with E-state index in [1.54, 1.807) is 0 Å². The Hall–Kier alpha value is -2.58. The quantitative estimate of drug-likeness (QED) is 0.299. The van der Waals surface area contributed by atoms with Crippen LogP contribution in [0.4, 0.5) is 0 Å². The lowest BCUT2D eigenvalue weighted by atomic mass is 9.94. The summed E-state index contributed by atoms with van der Waals surface area (Å²) in [6, 6.07) is 23.8. The van der Waals surface area contributed by atoms with Crippen LogP contribution in [0, 0.1) is 0 Å². The van der Waals surface area contributed by atoms with E-state index in [1.165, 1.54) is 51.6 Å². The summed E-state index contributed by atoms with van der Waals surface area (Å²) in [5, 5.41) is 7.71. The molecule has 0 bridgehead atoms. The molecule has 4 rings (SSSR count). The smallest absolute Gasteiger partial charge is 0.127 e. The van der Waals surface area contributed by atoms with Crippen molar-refractivity contribution in [2.45, 2.75) is 32.6 Å². The van der Waals surface area contributed by atoms with Gasteiger partial charge in [-0.25, -0.2) is 0 Å². The Morgan fingerprint density at radius 3 is 1.77 bits per heavy atom. The summed E-state index contributed by atoms with van der Waals surface area (Å²) < 4.78 is 6.22. The van der Waals surface area contributed by atoms with Crippen LogP contribution in [0.1, 0.15) is 32.6 Å². The zero-order valence-electron chi connectivity index (χ0n) is 15.3. The van der Waals surface area contributed by atoms with Gasteiger partial charge < -0.3 is 10.2 Å². The molecule has 0 aromatic heterocycles. The van der Waals surface area contributed by atoms with Crippen molar-refractivity contribution >= 4 is 32.3 Å². The van der Waals surface area contributed by atoms with E-state index in [9.17, 15) is 0 Å². The fraction of sp³-hybridized carbons (Fsp3) is 0.250. The molecule has 0 saturated heterocycles. The lowest BCUT2D eigenvalue weighted by molar-refractivity contribution is 0.308. The lowest BCUT2D eigenvalue weighted by Crippen LogP contribution is -1.98. The van der Waals surface area contributed by atoms with E-state index >= 15 is 0 Å². The molecule has 4 aromatic carbocycles. The third-order valence-electron chi connectivity index (χ3n) is 4.99. The molecule has 0 atom stereocenters. The predicted octanol–water partition coefficient (Wildman–Crippen LogP) is 6.28. The van der Waals surface area contributed by atoms with Crippen molar-refractivity contribution in [1.29, 1.82) is 0 Å². The molecule has 26 heavy (non-hydrogen) atoms. The highest BCUT2D eigenvalue weighted by Gasteiger charge is 2.11. The van der Waals surface area contributed by atoms with E-state index in [4.69, 9.17) is 4.74 Å². The van der Waals surface area contributed by atoms with Gasteiger partial charge in [-0.3, -0.25) is 0 Å². The highest BCUT2D eigenvalue weighted by atomic mass is 16.5. The first kappa shape index (κ1) is 18.2. The van der Waals surface area contributed by atoms with Gasteiger partial charge >= 0.3 is 0 Å². The van der Waals surface area contributed by atoms with Crippen LogP contribution in [0.5, 0.6) is 5.75 Å². The molecule has 0 aliphatic rings. The van der Waals surface area contributed by atoms with Gasteiger partial charge in [0.2, 0.25) is 0 Å². The normalized spacial score (nSPS) is 11.0. The molecule has 2 N–H and O–H groups in total. The average Bonchev–Trinajstić information content (AvgIpc) is 2.68. The Morgan fingerprint density at radius 2 is 1.15 bits per heavy atom. The van der Waals surface area contributed by atoms with Gasteiger partial charge in [-0.05, 0) is 39.4 Å². The molecule has 0 heterocycles. The molecule has 0 radical (unpaired) electrons. The first-order chi connectivity index (χ1) is 12.4. The topological polar surface area (TPSA) is 40.7 Å². The number of unbranched alkanes of at least 4 members (excludes halogenated alkanes) is 3. The van der Waals surface area contributed by atoms with Crippen molar-refractivity contribution in [3.05, 3.63) is 66.7 Å². The Balaban J connectivity index is 0.00000196. The van der Waals surface area contributed by atoms with Crippen molar-refractivity contribution in [3.63, 3.8) is 0 Å². The van der Waals surface area contributed by atoms with Gasteiger partial charge in [-0.2, -0.15) is 0 Å². The molecule has 0 unspecified atom stereocenters. The van der Waals surface area contributed by atoms with Crippen LogP contribution >= 0.6 is 0 Å². The first-order valence-corrected chi connectivity index (χ1v) is 9.35. The monoisotopic (exact) mass is 346 g/mol. The second kappa shape index (κ2) is 8.20. The van der Waals surface area contributed by atoms with Crippen LogP contribution in [0.3, 0.4) is 0 Å². The van der Waals surface area contributed by atoms with Crippen molar-refractivity contribution < 1.29 is 10.2 Å². The molecule has 2 heteroatoms. The minimum atomic E-state index is 0. The van der Waals surface area contributed by atoms with Crippen LogP contribution in [-0.4, -0.2) is 12.1 Å². The summed E-state index contributed by atoms with van der Waals surface area (Å²) >= 11 is 0. The Kier molecular flexibility index (Phi) is 5.75. The Morgan fingerprint density at radius 1 is 0.615 bits per heavy atom. The summed E-state index contributed by atoms with van der Waals surface area (Å²) in [4.78, 5) is 0. The van der Waals surface area contributed by atoms with Crippen LogP contribution in [0.15, 0.2) is 66.7 Å². The number of rotatable bonds is 6. The highest BCUT2D eigenvalue weighted by molar-refractivity contribution is 6.26. The van der Waals surface area contributed by atoms with E-state index in [1.807, 2.05) is 0 Å². The van der Waals surface area contributed by atoms with Crippen LogP contribution in [0.25, 0.3) is 32.3 Å². The first-order valence-electron chi connectivity index (χ1n) is 9.35. The van der Waals surface area contributed by atoms with E-state index < -0.39 is 0 Å². The molecule has 2 nitrogen and oxygen atoms in total. The molecule has 0 amide bonds. The summed E-state index contributed by atoms with van der Waals surface area (Å²) in [5.74, 6) is 1.01. The van der Waals surface area contributed by atoms with Crippen molar-refractivity contribution in [1.82, 2.24) is 0 Å². The molecule has 0 aliphatic carbocycles. The van der Waals surface area contributed by atoms with Crippen LogP contribution in [-0.2, 0) is 0 Å². The molecule has 0 aliphatic heterocycles. The van der Waals surface area contributed by atoms with Gasteiger partial charge in [0, 0.05) is 5.39 Å². The fourth-order valence-corrected chi connectivity index (χ4v) is 3.75. The summed E-state index contributed by atoms with van der Waals surface area (Å²) in [5.41, 5.74) is 0. The number of fused-ring (bicyclic) bond motifs is 6. The van der Waals surface area contributed by atoms with E-state index in [0.29, 0.717) is 0 Å². The maximum atomic E-state index is 6.22. The predicted molar refractivity (Wildman–Crippen MR) is 112 cm³/mol. The summed E-state index contributed by atoms with van der Waals surface area (Å²) in [7, 11) is 0. The van der Waals surface area contributed by atoms with Crippen molar-refractivity contribution in [2.24, 2.45) is 0 Å². The number of hydrogen-bond donors (Lipinski definition) is 0. The lowest BCUT2D eigenvalue weighted by Gasteiger charge is -2.14. The molecule has 0 fully saturated rings. The largest absolute Gasteiger partial charge is 0.493 e. The molecule has 4 aromatic rings. The van der Waals surface area contributed by atoms with E-state index in [-0.39, 0.29) is 5.48 Å². The zero-order valence-corrected chi connectivity index (χ0v) is 15.3.